The van der Waals surface area contributed by atoms with Gasteiger partial charge in [0.15, 0.2) is 0 Å². The molecule has 2 aliphatic heterocycles. The molecule has 0 unspecified atom stereocenters. The van der Waals surface area contributed by atoms with E-state index >= 15 is 0 Å². The topological polar surface area (TPSA) is 83.9 Å². The van der Waals surface area contributed by atoms with Gasteiger partial charge >= 0.3 is 11.9 Å². The monoisotopic (exact) mass is 325 g/mol. The van der Waals surface area contributed by atoms with E-state index in [1.165, 1.54) is 23.6 Å². The number of hydrogen-bond acceptors (Lipinski definition) is 5. The van der Waals surface area contributed by atoms with Crippen LogP contribution in [0.1, 0.15) is 27.7 Å². The summed E-state index contributed by atoms with van der Waals surface area (Å²) >= 11 is 1.47. The van der Waals surface area contributed by atoms with Gasteiger partial charge in [0.1, 0.15) is 17.7 Å². The summed E-state index contributed by atoms with van der Waals surface area (Å²) in [6, 6.07) is 0. The van der Waals surface area contributed by atoms with E-state index in [-0.39, 0.29) is 29.0 Å². The molecule has 1 N–H and O–H groups in total. The van der Waals surface area contributed by atoms with Crippen LogP contribution in [0.4, 0.5) is 0 Å². The highest BCUT2D eigenvalue weighted by molar-refractivity contribution is 8.00. The van der Waals surface area contributed by atoms with Crippen LogP contribution in [0.25, 0.3) is 0 Å². The van der Waals surface area contributed by atoms with Crippen molar-refractivity contribution in [2.45, 2.75) is 33.1 Å². The summed E-state index contributed by atoms with van der Waals surface area (Å²) in [7, 11) is 0. The number of allylic oxidation sites excluding steroid dienone is 1. The maximum atomic E-state index is 12.3. The molecule has 0 bridgehead atoms. The molecule has 2 aliphatic rings. The number of carbonyl (C=O) groups excluding carboxylic acids is 2. The zero-order valence-electron chi connectivity index (χ0n) is 13.0. The molecule has 1 fully saturated rings. The number of fused-ring (bicyclic) bond motifs is 1. The van der Waals surface area contributed by atoms with Crippen molar-refractivity contribution in [1.82, 2.24) is 4.90 Å². The Morgan fingerprint density at radius 2 is 2.09 bits per heavy atom. The van der Waals surface area contributed by atoms with Crippen LogP contribution in [0, 0.1) is 5.41 Å². The van der Waals surface area contributed by atoms with Crippen LogP contribution in [-0.2, 0) is 19.1 Å². The molecule has 0 spiro atoms. The molecule has 2 rings (SSSR count). The maximum Gasteiger partial charge on any atom is 0.352 e. The van der Waals surface area contributed by atoms with E-state index in [0.717, 1.165) is 0 Å². The quantitative estimate of drug-likeness (QED) is 0.484. The van der Waals surface area contributed by atoms with Gasteiger partial charge in [-0.15, -0.1) is 11.8 Å². The van der Waals surface area contributed by atoms with Crippen molar-refractivity contribution in [2.75, 3.05) is 12.4 Å². The molecule has 0 aromatic carbocycles. The highest BCUT2D eigenvalue weighted by atomic mass is 32.2. The number of carbonyl (C=O) groups is 3. The van der Waals surface area contributed by atoms with Crippen LogP contribution < -0.4 is 0 Å². The van der Waals surface area contributed by atoms with E-state index in [0.29, 0.717) is 16.9 Å². The van der Waals surface area contributed by atoms with Gasteiger partial charge in [0.2, 0.25) is 0 Å². The van der Waals surface area contributed by atoms with Gasteiger partial charge in [-0.3, -0.25) is 14.5 Å². The number of esters is 1. The number of carboxylic acids is 1. The number of amides is 1. The summed E-state index contributed by atoms with van der Waals surface area (Å²) in [6.07, 6.45) is 1.89. The van der Waals surface area contributed by atoms with E-state index in [1.807, 2.05) is 26.8 Å². The van der Waals surface area contributed by atoms with E-state index in [1.54, 1.807) is 0 Å². The second-order valence-electron chi connectivity index (χ2n) is 6.34. The summed E-state index contributed by atoms with van der Waals surface area (Å²) in [5.41, 5.74) is 0.888. The zero-order chi connectivity index (χ0) is 16.7. The molecule has 2 heterocycles. The van der Waals surface area contributed by atoms with Crippen molar-refractivity contribution in [3.8, 4) is 0 Å². The minimum absolute atomic E-state index is 0.0546. The normalized spacial score (nSPS) is 23.3. The zero-order valence-corrected chi connectivity index (χ0v) is 13.8. The van der Waals surface area contributed by atoms with Crippen LogP contribution in [-0.4, -0.2) is 45.6 Å². The molecule has 6 nitrogen and oxygen atoms in total. The van der Waals surface area contributed by atoms with Crippen molar-refractivity contribution in [2.24, 2.45) is 5.41 Å². The number of thioether (sulfide) groups is 1. The molecule has 0 aromatic rings. The largest absolute Gasteiger partial charge is 0.477 e. The molecule has 22 heavy (non-hydrogen) atoms. The highest BCUT2D eigenvalue weighted by Crippen LogP contribution is 2.44. The lowest BCUT2D eigenvalue weighted by atomic mass is 9.89. The number of rotatable bonds is 3. The van der Waals surface area contributed by atoms with Crippen LogP contribution in [0.5, 0.6) is 0 Å². The maximum absolute atomic E-state index is 12.3. The summed E-state index contributed by atoms with van der Waals surface area (Å²) in [6.45, 7) is 7.13. The van der Waals surface area contributed by atoms with Crippen LogP contribution in [0.3, 0.4) is 0 Å². The van der Waals surface area contributed by atoms with Crippen LogP contribution in [0.15, 0.2) is 22.9 Å². The molecule has 0 aliphatic carbocycles. The standard InChI is InChI=1S/C15H19NO5S/c1-8(17)21-6-9-7-22-13-10(5-15(2,3)4)12(18)16(13)11(9)14(19)20/h5,13H,6-7H2,1-4H3,(H,19,20)/b10-5-/t13-/m1/s1. The first-order valence-corrected chi connectivity index (χ1v) is 7.93. The predicted molar refractivity (Wildman–Crippen MR) is 81.9 cm³/mol. The Morgan fingerprint density at radius 1 is 1.45 bits per heavy atom. The van der Waals surface area contributed by atoms with Gasteiger partial charge in [0, 0.05) is 23.8 Å². The summed E-state index contributed by atoms with van der Waals surface area (Å²) in [5.74, 6) is -1.52. The van der Waals surface area contributed by atoms with Gasteiger partial charge in [-0.2, -0.15) is 0 Å². The molecule has 0 saturated carbocycles. The Morgan fingerprint density at radius 3 is 2.59 bits per heavy atom. The van der Waals surface area contributed by atoms with E-state index in [4.69, 9.17) is 4.74 Å². The average molecular weight is 325 g/mol. The van der Waals surface area contributed by atoms with Crippen molar-refractivity contribution >= 4 is 29.6 Å². The third-order valence-corrected chi connectivity index (χ3v) is 4.49. The lowest BCUT2D eigenvalue weighted by Crippen LogP contribution is -2.56. The molecule has 1 atom stereocenters. The molecule has 120 valence electrons. The van der Waals surface area contributed by atoms with Gasteiger partial charge < -0.3 is 9.84 Å². The molecular weight excluding hydrogens is 306 g/mol. The first kappa shape index (κ1) is 16.6. The summed E-state index contributed by atoms with van der Waals surface area (Å²) in [4.78, 5) is 36.0. The average Bonchev–Trinajstić information content (AvgIpc) is 2.40. The van der Waals surface area contributed by atoms with E-state index in [9.17, 15) is 19.5 Å². The van der Waals surface area contributed by atoms with Crippen molar-refractivity contribution in [3.63, 3.8) is 0 Å². The highest BCUT2D eigenvalue weighted by Gasteiger charge is 2.50. The van der Waals surface area contributed by atoms with Crippen molar-refractivity contribution in [1.29, 1.82) is 0 Å². The smallest absolute Gasteiger partial charge is 0.352 e. The number of nitrogens with zero attached hydrogens (tertiary/aromatic N) is 1. The van der Waals surface area contributed by atoms with Crippen molar-refractivity contribution in [3.05, 3.63) is 22.9 Å². The number of carboxylic acid groups (broad SMARTS) is 1. The fourth-order valence-corrected chi connectivity index (χ4v) is 3.66. The lowest BCUT2D eigenvalue weighted by Gasteiger charge is -2.46. The minimum atomic E-state index is -1.17. The molecule has 1 amide bonds. The molecule has 0 aromatic heterocycles. The summed E-state index contributed by atoms with van der Waals surface area (Å²) in [5, 5.41) is 9.15. The lowest BCUT2D eigenvalue weighted by molar-refractivity contribution is -0.142. The summed E-state index contributed by atoms with van der Waals surface area (Å²) < 4.78 is 4.89. The molecule has 7 heteroatoms. The fourth-order valence-electron chi connectivity index (χ4n) is 2.38. The first-order valence-electron chi connectivity index (χ1n) is 6.88. The number of β-lactam (4-membered cyclic amide) rings is 1. The number of aliphatic carboxylic acids is 1. The third-order valence-electron chi connectivity index (χ3n) is 3.20. The first-order chi connectivity index (χ1) is 10.1. The van der Waals surface area contributed by atoms with Crippen molar-refractivity contribution < 1.29 is 24.2 Å². The SMILES string of the molecule is CC(=O)OCC1=C(C(=O)O)N2C(=O)/C(=C/C(C)(C)C)[C@H]2SC1. The minimum Gasteiger partial charge on any atom is -0.477 e. The molecular formula is C15H19NO5S. The van der Waals surface area contributed by atoms with Gasteiger partial charge in [0.25, 0.3) is 5.91 Å². The Hall–Kier alpha value is -1.76. The second kappa shape index (κ2) is 5.79. The molecule has 1 saturated heterocycles. The van der Waals surface area contributed by atoms with Gasteiger partial charge in [-0.1, -0.05) is 26.8 Å². The Balaban J connectivity index is 2.31. The Bertz CT molecular complexity index is 600. The third kappa shape index (κ3) is 3.19. The predicted octanol–water partition coefficient (Wildman–Crippen LogP) is 1.78. The van der Waals surface area contributed by atoms with Crippen LogP contribution in [0.2, 0.25) is 0 Å². The van der Waals surface area contributed by atoms with E-state index < -0.39 is 11.9 Å². The molecule has 0 radical (unpaired) electrons. The number of hydrogen-bond donors (Lipinski definition) is 1. The van der Waals surface area contributed by atoms with Gasteiger partial charge in [-0.25, -0.2) is 4.79 Å². The number of ether oxygens (including phenoxy) is 1. The van der Waals surface area contributed by atoms with Gasteiger partial charge in [-0.05, 0) is 5.41 Å². The Labute approximate surface area is 133 Å². The second-order valence-corrected chi connectivity index (χ2v) is 7.41. The van der Waals surface area contributed by atoms with Crippen LogP contribution >= 0.6 is 11.8 Å². The fraction of sp³-hybridized carbons (Fsp3) is 0.533. The van der Waals surface area contributed by atoms with Gasteiger partial charge in [0.05, 0.1) is 0 Å². The Kier molecular flexibility index (Phi) is 4.37. The van der Waals surface area contributed by atoms with E-state index in [2.05, 4.69) is 0 Å².